The summed E-state index contributed by atoms with van der Waals surface area (Å²) in [5, 5.41) is 3.66. The second kappa shape index (κ2) is 6.49. The zero-order valence-electron chi connectivity index (χ0n) is 12.4. The normalized spacial score (nSPS) is 16.6. The molecule has 3 nitrogen and oxygen atoms in total. The van der Waals surface area contributed by atoms with Crippen LogP contribution in [0.3, 0.4) is 0 Å². The van der Waals surface area contributed by atoms with Crippen LogP contribution >= 0.6 is 11.6 Å². The average molecular weight is 295 g/mol. The predicted octanol–water partition coefficient (Wildman–Crippen LogP) is 3.89. The molecule has 0 bridgehead atoms. The van der Waals surface area contributed by atoms with E-state index in [4.69, 9.17) is 11.6 Å². The number of likely N-dealkylation sites (tertiary alicyclic amines) is 1. The van der Waals surface area contributed by atoms with Gasteiger partial charge in [0.1, 0.15) is 0 Å². The third kappa shape index (κ3) is 3.26. The van der Waals surface area contributed by atoms with Crippen molar-refractivity contribution < 1.29 is 4.79 Å². The molecule has 0 unspecified atom stereocenters. The Morgan fingerprint density at radius 1 is 1.35 bits per heavy atom. The van der Waals surface area contributed by atoms with Gasteiger partial charge in [-0.25, -0.2) is 0 Å². The smallest absolute Gasteiger partial charge is 0.256 e. The SMILES string of the molecule is CNc1ccc(Cl)cc1C(=O)N1CCC(C(C)C)CC1. The van der Waals surface area contributed by atoms with E-state index in [0.29, 0.717) is 16.5 Å². The summed E-state index contributed by atoms with van der Waals surface area (Å²) in [6, 6.07) is 5.41. The lowest BCUT2D eigenvalue weighted by Crippen LogP contribution is -2.39. The number of rotatable bonds is 3. The van der Waals surface area contributed by atoms with Gasteiger partial charge >= 0.3 is 0 Å². The lowest BCUT2D eigenvalue weighted by molar-refractivity contribution is 0.0668. The molecule has 1 N–H and O–H groups in total. The Labute approximate surface area is 126 Å². The van der Waals surface area contributed by atoms with Gasteiger partial charge in [-0.3, -0.25) is 4.79 Å². The van der Waals surface area contributed by atoms with Crippen molar-refractivity contribution in [1.82, 2.24) is 4.90 Å². The Hall–Kier alpha value is -1.22. The molecule has 1 aliphatic rings. The van der Waals surface area contributed by atoms with Crippen molar-refractivity contribution in [2.24, 2.45) is 11.8 Å². The highest BCUT2D eigenvalue weighted by Crippen LogP contribution is 2.27. The lowest BCUT2D eigenvalue weighted by Gasteiger charge is -2.34. The molecule has 110 valence electrons. The minimum atomic E-state index is 0.0825. The average Bonchev–Trinajstić information content (AvgIpc) is 2.46. The first kappa shape index (κ1) is 15.2. The highest BCUT2D eigenvalue weighted by molar-refractivity contribution is 6.31. The Morgan fingerprint density at radius 2 is 2.00 bits per heavy atom. The van der Waals surface area contributed by atoms with E-state index < -0.39 is 0 Å². The minimum absolute atomic E-state index is 0.0825. The van der Waals surface area contributed by atoms with Crippen LogP contribution in [0.25, 0.3) is 0 Å². The molecule has 0 aromatic heterocycles. The zero-order chi connectivity index (χ0) is 14.7. The van der Waals surface area contributed by atoms with E-state index in [2.05, 4.69) is 19.2 Å². The number of halogens is 1. The monoisotopic (exact) mass is 294 g/mol. The lowest BCUT2D eigenvalue weighted by atomic mass is 9.86. The summed E-state index contributed by atoms with van der Waals surface area (Å²) in [6.45, 7) is 6.21. The molecular weight excluding hydrogens is 272 g/mol. The van der Waals surface area contributed by atoms with Gasteiger partial charge in [-0.1, -0.05) is 25.4 Å². The van der Waals surface area contributed by atoms with Crippen LogP contribution in [0.15, 0.2) is 18.2 Å². The molecule has 1 amide bonds. The molecular formula is C16H23ClN2O. The summed E-state index contributed by atoms with van der Waals surface area (Å²) in [7, 11) is 1.82. The molecule has 0 radical (unpaired) electrons. The Balaban J connectivity index is 2.11. The summed E-state index contributed by atoms with van der Waals surface area (Å²) in [5.74, 6) is 1.52. The number of amides is 1. The Kier molecular flexibility index (Phi) is 4.92. The van der Waals surface area contributed by atoms with Crippen molar-refractivity contribution >= 4 is 23.2 Å². The van der Waals surface area contributed by atoms with E-state index in [1.165, 1.54) is 0 Å². The third-order valence-electron chi connectivity index (χ3n) is 4.25. The first-order chi connectivity index (χ1) is 9.52. The van der Waals surface area contributed by atoms with Crippen LogP contribution in [0, 0.1) is 11.8 Å². The van der Waals surface area contributed by atoms with Crippen LogP contribution in [0.2, 0.25) is 5.02 Å². The topological polar surface area (TPSA) is 32.3 Å². The summed E-state index contributed by atoms with van der Waals surface area (Å²) in [4.78, 5) is 14.6. The summed E-state index contributed by atoms with van der Waals surface area (Å²) >= 11 is 6.02. The predicted molar refractivity (Wildman–Crippen MR) is 84.5 cm³/mol. The van der Waals surface area contributed by atoms with E-state index in [1.54, 1.807) is 12.1 Å². The Morgan fingerprint density at radius 3 is 2.55 bits per heavy atom. The molecule has 4 heteroatoms. The van der Waals surface area contributed by atoms with Gasteiger partial charge in [-0.05, 0) is 42.9 Å². The van der Waals surface area contributed by atoms with E-state index in [9.17, 15) is 4.79 Å². The van der Waals surface area contributed by atoms with Gasteiger partial charge < -0.3 is 10.2 Å². The molecule has 1 heterocycles. The van der Waals surface area contributed by atoms with Crippen LogP contribution in [0.1, 0.15) is 37.0 Å². The molecule has 1 saturated heterocycles. The van der Waals surface area contributed by atoms with E-state index in [-0.39, 0.29) is 5.91 Å². The fraction of sp³-hybridized carbons (Fsp3) is 0.562. The molecule has 1 aromatic carbocycles. The molecule has 1 aromatic rings. The number of nitrogens with one attached hydrogen (secondary N) is 1. The molecule has 1 fully saturated rings. The fourth-order valence-corrected chi connectivity index (χ4v) is 3.02. The van der Waals surface area contributed by atoms with Crippen molar-refractivity contribution in [3.05, 3.63) is 28.8 Å². The number of carbonyl (C=O) groups is 1. The number of carbonyl (C=O) groups excluding carboxylic acids is 1. The molecule has 0 saturated carbocycles. The molecule has 20 heavy (non-hydrogen) atoms. The third-order valence-corrected chi connectivity index (χ3v) is 4.49. The first-order valence-corrected chi connectivity index (χ1v) is 7.67. The summed E-state index contributed by atoms with van der Waals surface area (Å²) in [5.41, 5.74) is 1.51. The van der Waals surface area contributed by atoms with Gasteiger partial charge in [0, 0.05) is 30.8 Å². The maximum Gasteiger partial charge on any atom is 0.256 e. The minimum Gasteiger partial charge on any atom is -0.387 e. The van der Waals surface area contributed by atoms with Crippen molar-refractivity contribution in [1.29, 1.82) is 0 Å². The number of hydrogen-bond acceptors (Lipinski definition) is 2. The number of nitrogens with zero attached hydrogens (tertiary/aromatic N) is 1. The quantitative estimate of drug-likeness (QED) is 0.917. The zero-order valence-corrected chi connectivity index (χ0v) is 13.2. The fourth-order valence-electron chi connectivity index (χ4n) is 2.85. The van der Waals surface area contributed by atoms with Crippen LogP contribution in [-0.2, 0) is 0 Å². The van der Waals surface area contributed by atoms with E-state index in [0.717, 1.165) is 37.5 Å². The second-order valence-corrected chi connectivity index (χ2v) is 6.25. The molecule has 1 aliphatic heterocycles. The van der Waals surface area contributed by atoms with Crippen molar-refractivity contribution in [2.75, 3.05) is 25.5 Å². The molecule has 2 rings (SSSR count). The van der Waals surface area contributed by atoms with Crippen LogP contribution in [-0.4, -0.2) is 30.9 Å². The maximum absolute atomic E-state index is 12.6. The van der Waals surface area contributed by atoms with E-state index in [1.807, 2.05) is 18.0 Å². The van der Waals surface area contributed by atoms with Gasteiger partial charge in [-0.2, -0.15) is 0 Å². The number of benzene rings is 1. The molecule has 0 aliphatic carbocycles. The van der Waals surface area contributed by atoms with Gasteiger partial charge in [0.25, 0.3) is 5.91 Å². The van der Waals surface area contributed by atoms with Crippen molar-refractivity contribution in [2.45, 2.75) is 26.7 Å². The van der Waals surface area contributed by atoms with Crippen LogP contribution in [0.4, 0.5) is 5.69 Å². The first-order valence-electron chi connectivity index (χ1n) is 7.29. The number of piperidine rings is 1. The molecule has 0 spiro atoms. The summed E-state index contributed by atoms with van der Waals surface area (Å²) in [6.07, 6.45) is 2.19. The van der Waals surface area contributed by atoms with Crippen LogP contribution < -0.4 is 5.32 Å². The van der Waals surface area contributed by atoms with Crippen molar-refractivity contribution in [3.63, 3.8) is 0 Å². The van der Waals surface area contributed by atoms with E-state index >= 15 is 0 Å². The van der Waals surface area contributed by atoms with Gasteiger partial charge in [-0.15, -0.1) is 0 Å². The molecule has 0 atom stereocenters. The van der Waals surface area contributed by atoms with Gasteiger partial charge in [0.15, 0.2) is 0 Å². The van der Waals surface area contributed by atoms with Crippen LogP contribution in [0.5, 0.6) is 0 Å². The van der Waals surface area contributed by atoms with Gasteiger partial charge in [0.05, 0.1) is 5.56 Å². The largest absolute Gasteiger partial charge is 0.387 e. The van der Waals surface area contributed by atoms with Gasteiger partial charge in [0.2, 0.25) is 0 Å². The van der Waals surface area contributed by atoms with Crippen molar-refractivity contribution in [3.8, 4) is 0 Å². The highest BCUT2D eigenvalue weighted by Gasteiger charge is 2.26. The number of hydrogen-bond donors (Lipinski definition) is 1. The number of anilines is 1. The standard InChI is InChI=1S/C16H23ClN2O/c1-11(2)12-6-8-19(9-7-12)16(20)14-10-13(17)4-5-15(14)18-3/h4-5,10-12,18H,6-9H2,1-3H3. The maximum atomic E-state index is 12.6. The Bertz CT molecular complexity index is 479. The highest BCUT2D eigenvalue weighted by atomic mass is 35.5. The second-order valence-electron chi connectivity index (χ2n) is 5.81. The summed E-state index contributed by atoms with van der Waals surface area (Å²) < 4.78 is 0.